The summed E-state index contributed by atoms with van der Waals surface area (Å²) >= 11 is 1.91. The molecule has 1 rings (SSSR count). The van der Waals surface area contributed by atoms with Gasteiger partial charge in [-0.05, 0) is 66.3 Å². The van der Waals surface area contributed by atoms with Gasteiger partial charge in [0.05, 0.1) is 0 Å². The van der Waals surface area contributed by atoms with E-state index in [0.29, 0.717) is 0 Å². The summed E-state index contributed by atoms with van der Waals surface area (Å²) in [6.07, 6.45) is 1.23. The fourth-order valence-electron chi connectivity index (χ4n) is 2.03. The molecule has 0 spiro atoms. The molecule has 104 valence electrons. The molecule has 0 aliphatic rings. The summed E-state index contributed by atoms with van der Waals surface area (Å²) in [5, 5.41) is 3.22. The van der Waals surface area contributed by atoms with Crippen LogP contribution in [0.3, 0.4) is 0 Å². The molecule has 0 unspecified atom stereocenters. The minimum Gasteiger partial charge on any atom is -0.315 e. The molecular formula is C14H27N3S. The second-order valence-corrected chi connectivity index (χ2v) is 6.56. The SMILES string of the molecule is CNCc1cc(CN(C)CCCN(C)C)c(C)s1. The molecule has 3 nitrogen and oxygen atoms in total. The zero-order chi connectivity index (χ0) is 13.5. The number of aryl methyl sites for hydroxylation is 1. The van der Waals surface area contributed by atoms with E-state index >= 15 is 0 Å². The van der Waals surface area contributed by atoms with Gasteiger partial charge in [0.15, 0.2) is 0 Å². The van der Waals surface area contributed by atoms with E-state index in [-0.39, 0.29) is 0 Å². The molecule has 0 aliphatic carbocycles. The summed E-state index contributed by atoms with van der Waals surface area (Å²) in [6.45, 7) is 6.61. The lowest BCUT2D eigenvalue weighted by Crippen LogP contribution is -2.23. The number of hydrogen-bond acceptors (Lipinski definition) is 4. The van der Waals surface area contributed by atoms with Crippen LogP contribution in [0.25, 0.3) is 0 Å². The summed E-state index contributed by atoms with van der Waals surface area (Å²) < 4.78 is 0. The van der Waals surface area contributed by atoms with E-state index in [0.717, 1.165) is 26.2 Å². The largest absolute Gasteiger partial charge is 0.315 e. The van der Waals surface area contributed by atoms with Gasteiger partial charge in [0.25, 0.3) is 0 Å². The second kappa shape index (κ2) is 7.89. The van der Waals surface area contributed by atoms with Gasteiger partial charge in [0.2, 0.25) is 0 Å². The van der Waals surface area contributed by atoms with Crippen molar-refractivity contribution >= 4 is 11.3 Å². The Kier molecular flexibility index (Phi) is 6.86. The van der Waals surface area contributed by atoms with Crippen molar-refractivity contribution in [1.29, 1.82) is 0 Å². The van der Waals surface area contributed by atoms with Gasteiger partial charge in [-0.15, -0.1) is 11.3 Å². The molecule has 1 aromatic heterocycles. The molecule has 0 aliphatic heterocycles. The molecule has 0 aromatic carbocycles. The Morgan fingerprint density at radius 2 is 1.94 bits per heavy atom. The standard InChI is InChI=1S/C14H27N3S/c1-12-13(9-14(18-12)10-15-2)11-17(5)8-6-7-16(3)4/h9,15H,6-8,10-11H2,1-5H3. The van der Waals surface area contributed by atoms with Crippen LogP contribution in [0.4, 0.5) is 0 Å². The van der Waals surface area contributed by atoms with Gasteiger partial charge in [0, 0.05) is 22.8 Å². The molecule has 4 heteroatoms. The Morgan fingerprint density at radius 1 is 1.22 bits per heavy atom. The van der Waals surface area contributed by atoms with Crippen LogP contribution in [0.2, 0.25) is 0 Å². The molecule has 0 saturated carbocycles. The van der Waals surface area contributed by atoms with Crippen molar-refractivity contribution in [2.75, 3.05) is 41.3 Å². The highest BCUT2D eigenvalue weighted by atomic mass is 32.1. The van der Waals surface area contributed by atoms with E-state index in [4.69, 9.17) is 0 Å². The third-order valence-electron chi connectivity index (χ3n) is 3.01. The molecule has 0 amide bonds. The maximum absolute atomic E-state index is 3.22. The summed E-state index contributed by atoms with van der Waals surface area (Å²) in [7, 11) is 8.48. The van der Waals surface area contributed by atoms with E-state index in [1.54, 1.807) is 0 Å². The van der Waals surface area contributed by atoms with Crippen molar-refractivity contribution in [1.82, 2.24) is 15.1 Å². The maximum Gasteiger partial charge on any atom is 0.0296 e. The van der Waals surface area contributed by atoms with Gasteiger partial charge >= 0.3 is 0 Å². The summed E-state index contributed by atoms with van der Waals surface area (Å²) in [6, 6.07) is 2.35. The molecule has 1 heterocycles. The molecular weight excluding hydrogens is 242 g/mol. The van der Waals surface area contributed by atoms with Crippen molar-refractivity contribution in [2.24, 2.45) is 0 Å². The first kappa shape index (κ1) is 15.6. The van der Waals surface area contributed by atoms with Crippen molar-refractivity contribution in [2.45, 2.75) is 26.4 Å². The van der Waals surface area contributed by atoms with Gasteiger partial charge in [0.1, 0.15) is 0 Å². The highest BCUT2D eigenvalue weighted by Crippen LogP contribution is 2.22. The highest BCUT2D eigenvalue weighted by molar-refractivity contribution is 7.12. The average Bonchev–Trinajstić information content (AvgIpc) is 2.59. The highest BCUT2D eigenvalue weighted by Gasteiger charge is 2.07. The van der Waals surface area contributed by atoms with E-state index in [9.17, 15) is 0 Å². The Labute approximate surface area is 116 Å². The van der Waals surface area contributed by atoms with Crippen LogP contribution < -0.4 is 5.32 Å². The van der Waals surface area contributed by atoms with Crippen LogP contribution in [-0.4, -0.2) is 51.1 Å². The van der Waals surface area contributed by atoms with Crippen molar-refractivity contribution in [3.05, 3.63) is 21.4 Å². The van der Waals surface area contributed by atoms with Crippen LogP contribution >= 0.6 is 11.3 Å². The monoisotopic (exact) mass is 269 g/mol. The molecule has 1 aromatic rings. The predicted molar refractivity (Wildman–Crippen MR) is 81.3 cm³/mol. The average molecular weight is 269 g/mol. The van der Waals surface area contributed by atoms with Crippen LogP contribution in [-0.2, 0) is 13.1 Å². The minimum atomic E-state index is 0.982. The van der Waals surface area contributed by atoms with Gasteiger partial charge in [-0.2, -0.15) is 0 Å². The maximum atomic E-state index is 3.22. The third-order valence-corrected chi connectivity index (χ3v) is 4.10. The topological polar surface area (TPSA) is 18.5 Å². The van der Waals surface area contributed by atoms with Gasteiger partial charge < -0.3 is 15.1 Å². The Bertz CT molecular complexity index is 347. The van der Waals surface area contributed by atoms with Crippen molar-refractivity contribution in [3.8, 4) is 0 Å². The fraction of sp³-hybridized carbons (Fsp3) is 0.714. The zero-order valence-electron chi connectivity index (χ0n) is 12.4. The van der Waals surface area contributed by atoms with Crippen LogP contribution in [0.5, 0.6) is 0 Å². The summed E-state index contributed by atoms with van der Waals surface area (Å²) in [4.78, 5) is 7.56. The molecule has 0 bridgehead atoms. The van der Waals surface area contributed by atoms with Crippen molar-refractivity contribution in [3.63, 3.8) is 0 Å². The molecule has 0 atom stereocenters. The Hall–Kier alpha value is -0.420. The van der Waals surface area contributed by atoms with E-state index in [2.05, 4.69) is 49.2 Å². The minimum absolute atomic E-state index is 0.982. The Morgan fingerprint density at radius 3 is 2.56 bits per heavy atom. The number of hydrogen-bond donors (Lipinski definition) is 1. The first-order chi connectivity index (χ1) is 8.52. The van der Waals surface area contributed by atoms with E-state index in [1.807, 2.05) is 18.4 Å². The zero-order valence-corrected chi connectivity index (χ0v) is 13.2. The Balaban J connectivity index is 2.41. The van der Waals surface area contributed by atoms with Gasteiger partial charge in [-0.25, -0.2) is 0 Å². The molecule has 18 heavy (non-hydrogen) atoms. The quantitative estimate of drug-likeness (QED) is 0.780. The van der Waals surface area contributed by atoms with Crippen LogP contribution in [0, 0.1) is 6.92 Å². The third kappa shape index (κ3) is 5.48. The number of nitrogens with one attached hydrogen (secondary N) is 1. The van der Waals surface area contributed by atoms with E-state index < -0.39 is 0 Å². The molecule has 0 fully saturated rings. The fourth-order valence-corrected chi connectivity index (χ4v) is 3.10. The lowest BCUT2D eigenvalue weighted by Gasteiger charge is -2.18. The molecule has 1 N–H and O–H groups in total. The first-order valence-electron chi connectivity index (χ1n) is 6.59. The lowest BCUT2D eigenvalue weighted by atomic mass is 10.2. The molecule has 0 radical (unpaired) electrons. The predicted octanol–water partition coefficient (Wildman–Crippen LogP) is 2.16. The van der Waals surface area contributed by atoms with Crippen LogP contribution in [0.15, 0.2) is 6.07 Å². The number of thiophene rings is 1. The molecule has 0 saturated heterocycles. The van der Waals surface area contributed by atoms with Crippen molar-refractivity contribution < 1.29 is 0 Å². The van der Waals surface area contributed by atoms with E-state index in [1.165, 1.54) is 21.7 Å². The van der Waals surface area contributed by atoms with Crippen LogP contribution in [0.1, 0.15) is 21.7 Å². The van der Waals surface area contributed by atoms with Gasteiger partial charge in [-0.3, -0.25) is 0 Å². The second-order valence-electron chi connectivity index (χ2n) is 5.22. The smallest absolute Gasteiger partial charge is 0.0296 e. The van der Waals surface area contributed by atoms with Gasteiger partial charge in [-0.1, -0.05) is 0 Å². The first-order valence-corrected chi connectivity index (χ1v) is 7.40. The number of nitrogens with zero attached hydrogens (tertiary/aromatic N) is 2. The lowest BCUT2D eigenvalue weighted by molar-refractivity contribution is 0.294. The summed E-state index contributed by atoms with van der Waals surface area (Å²) in [5.41, 5.74) is 1.48. The summed E-state index contributed by atoms with van der Waals surface area (Å²) in [5.74, 6) is 0. The normalized spacial score (nSPS) is 11.7. The number of rotatable bonds is 8.